The maximum absolute atomic E-state index is 11.8. The van der Waals surface area contributed by atoms with Crippen LogP contribution in [0.4, 0.5) is 0 Å². The zero-order chi connectivity index (χ0) is 13.5. The number of hydrogen-bond acceptors (Lipinski definition) is 4. The highest BCUT2D eigenvalue weighted by Crippen LogP contribution is 2.08. The molecule has 7 nitrogen and oxygen atoms in total. The van der Waals surface area contributed by atoms with Crippen LogP contribution in [0.25, 0.3) is 0 Å². The second-order valence-electron chi connectivity index (χ2n) is 4.41. The minimum absolute atomic E-state index is 0.0170. The Morgan fingerprint density at radius 3 is 2.61 bits per heavy atom. The Hall–Kier alpha value is -1.63. The Morgan fingerprint density at radius 1 is 1.39 bits per heavy atom. The van der Waals surface area contributed by atoms with Crippen LogP contribution in [-0.4, -0.2) is 41.5 Å². The molecule has 1 aliphatic heterocycles. The van der Waals surface area contributed by atoms with E-state index in [-0.39, 0.29) is 24.8 Å². The molecule has 0 unspecified atom stereocenters. The molecule has 0 aromatic carbocycles. The standard InChI is InChI=1S/C11H19N3O4/c12-9(15)5-4-8(11(17)18)14-10(16)7-3-1-2-6-13-7/h7-8,13H,1-6H2,(H2,12,15)(H,14,16)(H,17,18)/t7-,8+/m0/s1. The molecule has 1 saturated heterocycles. The minimum Gasteiger partial charge on any atom is -0.480 e. The number of piperidine rings is 1. The van der Waals surface area contributed by atoms with Crippen molar-refractivity contribution >= 4 is 17.8 Å². The molecule has 1 fully saturated rings. The topological polar surface area (TPSA) is 122 Å². The summed E-state index contributed by atoms with van der Waals surface area (Å²) in [6.45, 7) is 0.761. The van der Waals surface area contributed by atoms with Gasteiger partial charge < -0.3 is 21.5 Å². The first-order valence-electron chi connectivity index (χ1n) is 6.05. The number of carbonyl (C=O) groups excluding carboxylic acids is 2. The molecular weight excluding hydrogens is 238 g/mol. The summed E-state index contributed by atoms with van der Waals surface area (Å²) in [5, 5.41) is 14.4. The molecule has 2 amide bonds. The van der Waals surface area contributed by atoms with E-state index < -0.39 is 17.9 Å². The van der Waals surface area contributed by atoms with E-state index in [1.54, 1.807) is 0 Å². The summed E-state index contributed by atoms with van der Waals surface area (Å²) in [6.07, 6.45) is 2.63. The molecule has 0 saturated carbocycles. The maximum Gasteiger partial charge on any atom is 0.326 e. The van der Waals surface area contributed by atoms with E-state index in [9.17, 15) is 14.4 Å². The molecule has 0 aromatic rings. The van der Waals surface area contributed by atoms with Crippen LogP contribution in [-0.2, 0) is 14.4 Å². The molecule has 0 aliphatic carbocycles. The summed E-state index contributed by atoms with van der Waals surface area (Å²) in [5.41, 5.74) is 4.96. The second kappa shape index (κ2) is 6.95. The summed E-state index contributed by atoms with van der Waals surface area (Å²) in [7, 11) is 0. The molecule has 7 heteroatoms. The Labute approximate surface area is 105 Å². The van der Waals surface area contributed by atoms with Gasteiger partial charge in [-0.1, -0.05) is 6.42 Å². The molecule has 0 aromatic heterocycles. The van der Waals surface area contributed by atoms with Gasteiger partial charge >= 0.3 is 5.97 Å². The van der Waals surface area contributed by atoms with Crippen molar-refractivity contribution in [2.24, 2.45) is 5.73 Å². The van der Waals surface area contributed by atoms with Gasteiger partial charge in [0.2, 0.25) is 11.8 Å². The van der Waals surface area contributed by atoms with Crippen molar-refractivity contribution in [3.05, 3.63) is 0 Å². The van der Waals surface area contributed by atoms with Crippen molar-refractivity contribution in [1.29, 1.82) is 0 Å². The van der Waals surface area contributed by atoms with Crippen molar-refractivity contribution < 1.29 is 19.5 Å². The highest BCUT2D eigenvalue weighted by atomic mass is 16.4. The lowest BCUT2D eigenvalue weighted by Crippen LogP contribution is -2.51. The van der Waals surface area contributed by atoms with Crippen molar-refractivity contribution in [2.45, 2.75) is 44.2 Å². The third kappa shape index (κ3) is 4.70. The van der Waals surface area contributed by atoms with Gasteiger partial charge in [-0.3, -0.25) is 9.59 Å². The van der Waals surface area contributed by atoms with E-state index in [2.05, 4.69) is 10.6 Å². The maximum atomic E-state index is 11.8. The number of carbonyl (C=O) groups is 3. The third-order valence-corrected chi connectivity index (χ3v) is 2.92. The number of amides is 2. The van der Waals surface area contributed by atoms with Gasteiger partial charge in [-0.15, -0.1) is 0 Å². The van der Waals surface area contributed by atoms with Crippen molar-refractivity contribution in [2.75, 3.05) is 6.54 Å². The SMILES string of the molecule is NC(=O)CC[C@@H](NC(=O)[C@@H]1CCCCN1)C(=O)O. The molecule has 0 bridgehead atoms. The van der Waals surface area contributed by atoms with Gasteiger partial charge in [0.05, 0.1) is 6.04 Å². The van der Waals surface area contributed by atoms with Crippen LogP contribution in [0.3, 0.4) is 0 Å². The van der Waals surface area contributed by atoms with Crippen LogP contribution in [0.1, 0.15) is 32.1 Å². The van der Waals surface area contributed by atoms with Gasteiger partial charge in [-0.25, -0.2) is 4.79 Å². The molecule has 5 N–H and O–H groups in total. The minimum atomic E-state index is -1.15. The van der Waals surface area contributed by atoms with E-state index in [1.807, 2.05) is 0 Å². The summed E-state index contributed by atoms with van der Waals surface area (Å²) in [4.78, 5) is 33.4. The van der Waals surface area contributed by atoms with Gasteiger partial charge in [0, 0.05) is 6.42 Å². The van der Waals surface area contributed by atoms with Crippen LogP contribution in [0.5, 0.6) is 0 Å². The zero-order valence-corrected chi connectivity index (χ0v) is 10.1. The fourth-order valence-electron chi connectivity index (χ4n) is 1.89. The molecule has 1 heterocycles. The van der Waals surface area contributed by atoms with Crippen LogP contribution in [0, 0.1) is 0 Å². The Kier molecular flexibility index (Phi) is 5.57. The number of carboxylic acids is 1. The van der Waals surface area contributed by atoms with Crippen LogP contribution < -0.4 is 16.4 Å². The number of carboxylic acid groups (broad SMARTS) is 1. The molecule has 102 valence electrons. The Bertz CT molecular complexity index is 326. The van der Waals surface area contributed by atoms with E-state index in [0.717, 1.165) is 19.4 Å². The lowest BCUT2D eigenvalue weighted by atomic mass is 10.0. The fraction of sp³-hybridized carbons (Fsp3) is 0.727. The number of rotatable bonds is 6. The van der Waals surface area contributed by atoms with Crippen LogP contribution >= 0.6 is 0 Å². The van der Waals surface area contributed by atoms with E-state index in [0.29, 0.717) is 6.42 Å². The van der Waals surface area contributed by atoms with Crippen LogP contribution in [0.15, 0.2) is 0 Å². The first kappa shape index (κ1) is 14.4. The van der Waals surface area contributed by atoms with Gasteiger partial charge in [0.25, 0.3) is 0 Å². The number of nitrogens with one attached hydrogen (secondary N) is 2. The monoisotopic (exact) mass is 257 g/mol. The predicted molar refractivity (Wildman–Crippen MR) is 63.6 cm³/mol. The summed E-state index contributed by atoms with van der Waals surface area (Å²) in [5.74, 6) is -2.06. The molecule has 0 radical (unpaired) electrons. The van der Waals surface area contributed by atoms with Crippen molar-refractivity contribution in [1.82, 2.24) is 10.6 Å². The number of primary amides is 1. The first-order valence-corrected chi connectivity index (χ1v) is 6.05. The number of nitrogens with two attached hydrogens (primary N) is 1. The fourth-order valence-corrected chi connectivity index (χ4v) is 1.89. The number of hydrogen-bond donors (Lipinski definition) is 4. The molecule has 2 atom stereocenters. The van der Waals surface area contributed by atoms with Crippen molar-refractivity contribution in [3.8, 4) is 0 Å². The highest BCUT2D eigenvalue weighted by Gasteiger charge is 2.26. The third-order valence-electron chi connectivity index (χ3n) is 2.92. The largest absolute Gasteiger partial charge is 0.480 e. The lowest BCUT2D eigenvalue weighted by Gasteiger charge is -2.24. The van der Waals surface area contributed by atoms with E-state index >= 15 is 0 Å². The highest BCUT2D eigenvalue weighted by molar-refractivity contribution is 5.87. The Balaban J connectivity index is 2.46. The molecule has 0 spiro atoms. The molecule has 1 rings (SSSR count). The van der Waals surface area contributed by atoms with E-state index in [4.69, 9.17) is 10.8 Å². The predicted octanol–water partition coefficient (Wildman–Crippen LogP) is -1.04. The summed E-state index contributed by atoms with van der Waals surface area (Å²) < 4.78 is 0. The average molecular weight is 257 g/mol. The average Bonchev–Trinajstić information content (AvgIpc) is 2.34. The van der Waals surface area contributed by atoms with E-state index in [1.165, 1.54) is 0 Å². The molecule has 18 heavy (non-hydrogen) atoms. The summed E-state index contributed by atoms with van der Waals surface area (Å²) >= 11 is 0. The summed E-state index contributed by atoms with van der Waals surface area (Å²) in [6, 6.07) is -1.40. The molecule has 1 aliphatic rings. The normalized spacial score (nSPS) is 21.0. The molecular formula is C11H19N3O4. The smallest absolute Gasteiger partial charge is 0.326 e. The van der Waals surface area contributed by atoms with Gasteiger partial charge in [-0.05, 0) is 25.8 Å². The van der Waals surface area contributed by atoms with Crippen molar-refractivity contribution in [3.63, 3.8) is 0 Å². The Morgan fingerprint density at radius 2 is 2.11 bits per heavy atom. The first-order chi connectivity index (χ1) is 8.50. The quantitative estimate of drug-likeness (QED) is 0.484. The van der Waals surface area contributed by atoms with Gasteiger partial charge in [-0.2, -0.15) is 0 Å². The van der Waals surface area contributed by atoms with Gasteiger partial charge in [0.15, 0.2) is 0 Å². The second-order valence-corrected chi connectivity index (χ2v) is 4.41. The lowest BCUT2D eigenvalue weighted by molar-refractivity contribution is -0.142. The van der Waals surface area contributed by atoms with Crippen LogP contribution in [0.2, 0.25) is 0 Å². The zero-order valence-electron chi connectivity index (χ0n) is 10.1. The number of aliphatic carboxylic acids is 1. The van der Waals surface area contributed by atoms with Gasteiger partial charge in [0.1, 0.15) is 6.04 Å².